The number of fused-ring (bicyclic) bond motifs is 1. The highest BCUT2D eigenvalue weighted by Gasteiger charge is 2.19. The van der Waals surface area contributed by atoms with Crippen LogP contribution in [0.3, 0.4) is 0 Å². The summed E-state index contributed by atoms with van der Waals surface area (Å²) in [5.41, 5.74) is 3.36. The minimum Gasteiger partial charge on any atom is -0.497 e. The van der Waals surface area contributed by atoms with Gasteiger partial charge in [0.25, 0.3) is 0 Å². The van der Waals surface area contributed by atoms with Crippen LogP contribution in [0.4, 0.5) is 5.69 Å². The quantitative estimate of drug-likeness (QED) is 0.464. The average molecular weight is 427 g/mol. The summed E-state index contributed by atoms with van der Waals surface area (Å²) in [5.74, 6) is 2.37. The molecule has 7 nitrogen and oxygen atoms in total. The Labute approximate surface area is 183 Å². The predicted molar refractivity (Wildman–Crippen MR) is 122 cm³/mol. The zero-order chi connectivity index (χ0) is 22.2. The molecular weight excluding hydrogens is 396 g/mol. The van der Waals surface area contributed by atoms with Crippen molar-refractivity contribution in [3.63, 3.8) is 0 Å². The first-order valence-corrected chi connectivity index (χ1v) is 10.3. The lowest BCUT2D eigenvalue weighted by molar-refractivity contribution is -0.116. The lowest BCUT2D eigenvalue weighted by Crippen LogP contribution is -2.28. The summed E-state index contributed by atoms with van der Waals surface area (Å²) in [5, 5.41) is 2.94. The van der Waals surface area contributed by atoms with E-state index in [-0.39, 0.29) is 5.91 Å². The third-order valence-electron chi connectivity index (χ3n) is 5.30. The van der Waals surface area contributed by atoms with Crippen LogP contribution in [0, 0.1) is 0 Å². The van der Waals surface area contributed by atoms with Crippen LogP contribution in [0.5, 0.6) is 23.0 Å². The van der Waals surface area contributed by atoms with Crippen molar-refractivity contribution in [1.29, 1.82) is 0 Å². The smallest absolute Gasteiger partial charge is 0.244 e. The van der Waals surface area contributed by atoms with Crippen molar-refractivity contribution in [2.75, 3.05) is 53.0 Å². The van der Waals surface area contributed by atoms with E-state index >= 15 is 0 Å². The van der Waals surface area contributed by atoms with Crippen LogP contribution >= 0.6 is 0 Å². The molecule has 1 N–H and O–H groups in total. The van der Waals surface area contributed by atoms with Gasteiger partial charge in [0.2, 0.25) is 11.7 Å². The SMILES string of the molecule is COc1ccc2c(c1)CCN2CCCNC(=O)/C=C/c1cc(OC)c(OC)c(OC)c1. The van der Waals surface area contributed by atoms with Crippen molar-refractivity contribution in [1.82, 2.24) is 5.32 Å². The zero-order valence-corrected chi connectivity index (χ0v) is 18.6. The molecule has 0 saturated carbocycles. The predicted octanol–water partition coefficient (Wildman–Crippen LogP) is 3.30. The van der Waals surface area contributed by atoms with E-state index in [1.807, 2.05) is 6.07 Å². The maximum Gasteiger partial charge on any atom is 0.244 e. The van der Waals surface area contributed by atoms with E-state index in [0.717, 1.165) is 37.2 Å². The first-order valence-electron chi connectivity index (χ1n) is 10.3. The van der Waals surface area contributed by atoms with Crippen LogP contribution in [0.25, 0.3) is 6.08 Å². The van der Waals surface area contributed by atoms with Crippen LogP contribution in [0.15, 0.2) is 36.4 Å². The highest BCUT2D eigenvalue weighted by Crippen LogP contribution is 2.38. The molecule has 0 saturated heterocycles. The summed E-state index contributed by atoms with van der Waals surface area (Å²) in [6.07, 6.45) is 5.13. The number of nitrogens with one attached hydrogen (secondary N) is 1. The maximum atomic E-state index is 12.2. The topological polar surface area (TPSA) is 69.3 Å². The van der Waals surface area contributed by atoms with Gasteiger partial charge in [0, 0.05) is 31.4 Å². The standard InChI is InChI=1S/C24H30N2O5/c1-28-19-7-8-20-18(16-19)10-13-26(20)12-5-11-25-23(27)9-6-17-14-21(29-2)24(31-4)22(15-17)30-3/h6-9,14-16H,5,10-13H2,1-4H3,(H,25,27)/b9-6+. The first-order chi connectivity index (χ1) is 15.1. The molecule has 1 amide bonds. The minimum absolute atomic E-state index is 0.139. The summed E-state index contributed by atoms with van der Waals surface area (Å²) in [6, 6.07) is 9.80. The van der Waals surface area contributed by atoms with Crippen molar-refractivity contribution >= 4 is 17.7 Å². The largest absolute Gasteiger partial charge is 0.497 e. The van der Waals surface area contributed by atoms with Gasteiger partial charge in [-0.3, -0.25) is 4.79 Å². The van der Waals surface area contributed by atoms with E-state index in [9.17, 15) is 4.79 Å². The normalized spacial score (nSPS) is 12.6. The molecule has 7 heteroatoms. The van der Waals surface area contributed by atoms with Crippen molar-refractivity contribution in [2.24, 2.45) is 0 Å². The fraction of sp³-hybridized carbons (Fsp3) is 0.375. The van der Waals surface area contributed by atoms with Crippen LogP contribution in [-0.2, 0) is 11.2 Å². The fourth-order valence-corrected chi connectivity index (χ4v) is 3.72. The lowest BCUT2D eigenvalue weighted by Gasteiger charge is -2.19. The molecule has 1 aliphatic rings. The highest BCUT2D eigenvalue weighted by atomic mass is 16.5. The fourth-order valence-electron chi connectivity index (χ4n) is 3.72. The third kappa shape index (κ3) is 5.42. The van der Waals surface area contributed by atoms with Gasteiger partial charge in [-0.1, -0.05) is 0 Å². The summed E-state index contributed by atoms with van der Waals surface area (Å²) in [4.78, 5) is 14.6. The van der Waals surface area contributed by atoms with Gasteiger partial charge in [-0.15, -0.1) is 0 Å². The van der Waals surface area contributed by atoms with Crippen molar-refractivity contribution in [3.05, 3.63) is 47.5 Å². The van der Waals surface area contributed by atoms with E-state index in [4.69, 9.17) is 18.9 Å². The number of hydrogen-bond donors (Lipinski definition) is 1. The van der Waals surface area contributed by atoms with Crippen LogP contribution < -0.4 is 29.2 Å². The minimum atomic E-state index is -0.139. The molecule has 1 heterocycles. The van der Waals surface area contributed by atoms with Crippen LogP contribution in [0.2, 0.25) is 0 Å². The zero-order valence-electron chi connectivity index (χ0n) is 18.6. The van der Waals surface area contributed by atoms with Crippen LogP contribution in [0.1, 0.15) is 17.5 Å². The van der Waals surface area contributed by atoms with E-state index in [1.165, 1.54) is 17.3 Å². The van der Waals surface area contributed by atoms with Crippen molar-refractivity contribution < 1.29 is 23.7 Å². The number of ether oxygens (including phenoxy) is 4. The number of carbonyl (C=O) groups is 1. The Morgan fingerprint density at radius 1 is 1.03 bits per heavy atom. The summed E-state index contributed by atoms with van der Waals surface area (Å²) < 4.78 is 21.3. The number of nitrogens with zero attached hydrogens (tertiary/aromatic N) is 1. The number of rotatable bonds is 10. The Kier molecular flexibility index (Phi) is 7.65. The van der Waals surface area contributed by atoms with Gasteiger partial charge in [0.05, 0.1) is 28.4 Å². The molecule has 31 heavy (non-hydrogen) atoms. The van der Waals surface area contributed by atoms with Crippen LogP contribution in [-0.4, -0.2) is 54.0 Å². The molecule has 2 aromatic rings. The van der Waals surface area contributed by atoms with Gasteiger partial charge in [-0.25, -0.2) is 0 Å². The molecule has 0 fully saturated rings. The van der Waals surface area contributed by atoms with E-state index < -0.39 is 0 Å². The second-order valence-electron chi connectivity index (χ2n) is 7.17. The molecule has 2 aromatic carbocycles. The van der Waals surface area contributed by atoms with Gasteiger partial charge >= 0.3 is 0 Å². The molecule has 3 rings (SSSR count). The number of amides is 1. The number of methoxy groups -OCH3 is 4. The summed E-state index contributed by atoms with van der Waals surface area (Å²) in [6.45, 7) is 2.51. The summed E-state index contributed by atoms with van der Waals surface area (Å²) >= 11 is 0. The Hall–Kier alpha value is -3.35. The molecule has 166 valence electrons. The molecule has 0 atom stereocenters. The first kappa shape index (κ1) is 22.3. The molecule has 0 aliphatic carbocycles. The Balaban J connectivity index is 1.49. The monoisotopic (exact) mass is 426 g/mol. The van der Waals surface area contributed by atoms with Crippen molar-refractivity contribution in [2.45, 2.75) is 12.8 Å². The maximum absolute atomic E-state index is 12.2. The second kappa shape index (κ2) is 10.6. The average Bonchev–Trinajstić information content (AvgIpc) is 3.21. The number of benzene rings is 2. The van der Waals surface area contributed by atoms with E-state index in [0.29, 0.717) is 23.8 Å². The number of carbonyl (C=O) groups excluding carboxylic acids is 1. The van der Waals surface area contributed by atoms with Gasteiger partial charge in [0.1, 0.15) is 5.75 Å². The number of anilines is 1. The van der Waals surface area contributed by atoms with Gasteiger partial charge in [-0.2, -0.15) is 0 Å². The molecule has 0 bridgehead atoms. The highest BCUT2D eigenvalue weighted by molar-refractivity contribution is 5.91. The molecule has 0 spiro atoms. The molecule has 0 radical (unpaired) electrons. The second-order valence-corrected chi connectivity index (χ2v) is 7.17. The van der Waals surface area contributed by atoms with Gasteiger partial charge in [-0.05, 0) is 60.4 Å². The molecule has 0 aromatic heterocycles. The van der Waals surface area contributed by atoms with Gasteiger partial charge in [0.15, 0.2) is 11.5 Å². The Morgan fingerprint density at radius 2 is 1.77 bits per heavy atom. The van der Waals surface area contributed by atoms with E-state index in [1.54, 1.807) is 46.6 Å². The third-order valence-corrected chi connectivity index (χ3v) is 5.30. The number of hydrogen-bond acceptors (Lipinski definition) is 6. The van der Waals surface area contributed by atoms with E-state index in [2.05, 4.69) is 22.3 Å². The molecular formula is C24H30N2O5. The summed E-state index contributed by atoms with van der Waals surface area (Å²) in [7, 11) is 6.37. The van der Waals surface area contributed by atoms with Gasteiger partial charge < -0.3 is 29.2 Å². The Bertz CT molecular complexity index is 917. The lowest BCUT2D eigenvalue weighted by atomic mass is 10.1. The molecule has 1 aliphatic heterocycles. The molecule has 0 unspecified atom stereocenters. The Morgan fingerprint density at radius 3 is 2.42 bits per heavy atom. The van der Waals surface area contributed by atoms with Crippen molar-refractivity contribution in [3.8, 4) is 23.0 Å².